The number of fused-ring (bicyclic) bond motifs is 1. The first-order valence-corrected chi connectivity index (χ1v) is 12.0. The van der Waals surface area contributed by atoms with E-state index in [1.165, 1.54) is 27.6 Å². The van der Waals surface area contributed by atoms with E-state index in [0.29, 0.717) is 18.9 Å². The highest BCUT2D eigenvalue weighted by molar-refractivity contribution is 5.86. The van der Waals surface area contributed by atoms with Gasteiger partial charge in [0.15, 0.2) is 0 Å². The molecule has 0 unspecified atom stereocenters. The van der Waals surface area contributed by atoms with Gasteiger partial charge < -0.3 is 14.6 Å². The summed E-state index contributed by atoms with van der Waals surface area (Å²) in [4.78, 5) is 12.9. The Hall–Kier alpha value is -3.53. The van der Waals surface area contributed by atoms with Crippen LogP contribution in [0.4, 0.5) is 0 Å². The Balaban J connectivity index is 1.67. The van der Waals surface area contributed by atoms with Gasteiger partial charge in [-0.05, 0) is 53.1 Å². The van der Waals surface area contributed by atoms with Gasteiger partial charge in [0, 0.05) is 36.6 Å². The van der Waals surface area contributed by atoms with E-state index in [1.54, 1.807) is 7.11 Å². The molecule has 4 aromatic rings. The van der Waals surface area contributed by atoms with Gasteiger partial charge in [-0.2, -0.15) is 0 Å². The Bertz CT molecular complexity index is 1210. The van der Waals surface area contributed by atoms with Crippen molar-refractivity contribution in [1.29, 1.82) is 0 Å². The molecule has 0 saturated heterocycles. The number of nitrogens with one attached hydrogen (secondary N) is 1. The van der Waals surface area contributed by atoms with Gasteiger partial charge in [0.25, 0.3) is 0 Å². The van der Waals surface area contributed by atoms with E-state index in [1.807, 2.05) is 18.2 Å². The molecule has 4 nitrogen and oxygen atoms in total. The molecule has 34 heavy (non-hydrogen) atoms. The SMILES string of the molecule is COc1ccc(Cn2cc([C@H](CC(=O)NCC(C)C)Cc3ccccc3)c3ccccc32)cc1. The number of carbonyl (C=O) groups is 1. The van der Waals surface area contributed by atoms with Crippen LogP contribution in [0.1, 0.15) is 42.9 Å². The molecule has 1 amide bonds. The molecule has 1 N–H and O–H groups in total. The Morgan fingerprint density at radius 2 is 1.62 bits per heavy atom. The molecule has 0 fully saturated rings. The lowest BCUT2D eigenvalue weighted by molar-refractivity contribution is -0.121. The monoisotopic (exact) mass is 454 g/mol. The van der Waals surface area contributed by atoms with Crippen LogP contribution in [0.15, 0.2) is 85.1 Å². The normalized spacial score (nSPS) is 12.1. The van der Waals surface area contributed by atoms with Crippen molar-refractivity contribution in [3.8, 4) is 5.75 Å². The summed E-state index contributed by atoms with van der Waals surface area (Å²) < 4.78 is 7.61. The molecule has 3 aromatic carbocycles. The second-order valence-electron chi connectivity index (χ2n) is 9.37. The third-order valence-corrected chi connectivity index (χ3v) is 6.24. The standard InChI is InChI=1S/C30H34N2O2/c1-22(2)19-31-30(33)18-25(17-23-9-5-4-6-10-23)28-21-32(29-12-8-7-11-27(28)29)20-24-13-15-26(34-3)16-14-24/h4-16,21-22,25H,17-20H2,1-3H3,(H,31,33)/t25-/m0/s1. The molecular formula is C30H34N2O2. The quantitative estimate of drug-likeness (QED) is 0.311. The number of nitrogens with zero attached hydrogens (tertiary/aromatic N) is 1. The molecule has 1 heterocycles. The summed E-state index contributed by atoms with van der Waals surface area (Å²) in [6.45, 7) is 5.71. The highest BCUT2D eigenvalue weighted by Crippen LogP contribution is 2.33. The van der Waals surface area contributed by atoms with Gasteiger partial charge in [0.1, 0.15) is 5.75 Å². The average molecular weight is 455 g/mol. The van der Waals surface area contributed by atoms with E-state index in [2.05, 4.69) is 90.6 Å². The maximum absolute atomic E-state index is 12.9. The lowest BCUT2D eigenvalue weighted by Crippen LogP contribution is -2.29. The predicted molar refractivity (Wildman–Crippen MR) is 139 cm³/mol. The van der Waals surface area contributed by atoms with Crippen LogP contribution in [0.25, 0.3) is 10.9 Å². The first kappa shape index (κ1) is 23.6. The minimum atomic E-state index is 0.0941. The summed E-state index contributed by atoms with van der Waals surface area (Å²) in [6, 6.07) is 27.2. The number of methoxy groups -OCH3 is 1. The van der Waals surface area contributed by atoms with Crippen LogP contribution in [-0.4, -0.2) is 24.1 Å². The van der Waals surface area contributed by atoms with Gasteiger partial charge in [0.05, 0.1) is 7.11 Å². The molecule has 1 atom stereocenters. The van der Waals surface area contributed by atoms with Crippen LogP contribution in [-0.2, 0) is 17.8 Å². The van der Waals surface area contributed by atoms with E-state index >= 15 is 0 Å². The van der Waals surface area contributed by atoms with Crippen molar-refractivity contribution in [3.05, 3.63) is 102 Å². The van der Waals surface area contributed by atoms with Crippen LogP contribution >= 0.6 is 0 Å². The number of hydrogen-bond donors (Lipinski definition) is 1. The van der Waals surface area contributed by atoms with Crippen LogP contribution in [0.3, 0.4) is 0 Å². The molecule has 0 radical (unpaired) electrons. The lowest BCUT2D eigenvalue weighted by Gasteiger charge is -2.17. The zero-order valence-corrected chi connectivity index (χ0v) is 20.3. The molecule has 0 aliphatic carbocycles. The third kappa shape index (κ3) is 5.88. The number of aromatic nitrogens is 1. The second kappa shape index (κ2) is 11.1. The number of rotatable bonds is 10. The summed E-state index contributed by atoms with van der Waals surface area (Å²) in [5.74, 6) is 1.50. The third-order valence-electron chi connectivity index (χ3n) is 6.24. The average Bonchev–Trinajstić information content (AvgIpc) is 3.22. The van der Waals surface area contributed by atoms with Crippen LogP contribution in [0, 0.1) is 5.92 Å². The fourth-order valence-electron chi connectivity index (χ4n) is 4.46. The zero-order chi connectivity index (χ0) is 23.9. The molecule has 0 bridgehead atoms. The molecule has 0 aliphatic heterocycles. The second-order valence-corrected chi connectivity index (χ2v) is 9.37. The number of benzene rings is 3. The lowest BCUT2D eigenvalue weighted by atomic mass is 9.88. The highest BCUT2D eigenvalue weighted by Gasteiger charge is 2.22. The summed E-state index contributed by atoms with van der Waals surface area (Å²) in [5, 5.41) is 4.33. The summed E-state index contributed by atoms with van der Waals surface area (Å²) in [6.07, 6.45) is 3.54. The van der Waals surface area contributed by atoms with Crippen LogP contribution in [0.5, 0.6) is 5.75 Å². The van der Waals surface area contributed by atoms with Gasteiger partial charge in [-0.1, -0.05) is 74.5 Å². The number of para-hydroxylation sites is 1. The summed E-state index contributed by atoms with van der Waals surface area (Å²) in [5.41, 5.74) is 4.88. The Morgan fingerprint density at radius 3 is 2.32 bits per heavy atom. The minimum Gasteiger partial charge on any atom is -0.497 e. The summed E-state index contributed by atoms with van der Waals surface area (Å²) >= 11 is 0. The van der Waals surface area contributed by atoms with Crippen LogP contribution in [0.2, 0.25) is 0 Å². The van der Waals surface area contributed by atoms with Crippen molar-refractivity contribution in [3.63, 3.8) is 0 Å². The molecule has 0 spiro atoms. The number of ether oxygens (including phenoxy) is 1. The van der Waals surface area contributed by atoms with Gasteiger partial charge in [-0.3, -0.25) is 4.79 Å². The smallest absolute Gasteiger partial charge is 0.220 e. The van der Waals surface area contributed by atoms with Crippen molar-refractivity contribution in [2.75, 3.05) is 13.7 Å². The Labute approximate surface area is 202 Å². The van der Waals surface area contributed by atoms with Crippen molar-refractivity contribution < 1.29 is 9.53 Å². The maximum atomic E-state index is 12.9. The fourth-order valence-corrected chi connectivity index (χ4v) is 4.46. The maximum Gasteiger partial charge on any atom is 0.220 e. The van der Waals surface area contributed by atoms with Crippen LogP contribution < -0.4 is 10.1 Å². The molecular weight excluding hydrogens is 420 g/mol. The zero-order valence-electron chi connectivity index (χ0n) is 20.3. The van der Waals surface area contributed by atoms with Crippen molar-refractivity contribution >= 4 is 16.8 Å². The molecule has 0 aliphatic rings. The Kier molecular flexibility index (Phi) is 7.69. The van der Waals surface area contributed by atoms with Gasteiger partial charge in [-0.15, -0.1) is 0 Å². The van der Waals surface area contributed by atoms with Crippen molar-refractivity contribution in [2.45, 2.75) is 39.2 Å². The highest BCUT2D eigenvalue weighted by atomic mass is 16.5. The van der Waals surface area contributed by atoms with E-state index in [0.717, 1.165) is 18.7 Å². The number of carbonyl (C=O) groups excluding carboxylic acids is 1. The minimum absolute atomic E-state index is 0.0941. The topological polar surface area (TPSA) is 43.3 Å². The first-order valence-electron chi connectivity index (χ1n) is 12.0. The molecule has 4 heteroatoms. The molecule has 1 aromatic heterocycles. The van der Waals surface area contributed by atoms with E-state index in [9.17, 15) is 4.79 Å². The molecule has 4 rings (SSSR count). The van der Waals surface area contributed by atoms with Gasteiger partial charge in [-0.25, -0.2) is 0 Å². The predicted octanol–water partition coefficient (Wildman–Crippen LogP) is 6.19. The van der Waals surface area contributed by atoms with E-state index in [-0.39, 0.29) is 11.8 Å². The van der Waals surface area contributed by atoms with Crippen molar-refractivity contribution in [2.24, 2.45) is 5.92 Å². The Morgan fingerprint density at radius 1 is 0.912 bits per heavy atom. The molecule has 0 saturated carbocycles. The number of hydrogen-bond acceptors (Lipinski definition) is 2. The largest absolute Gasteiger partial charge is 0.497 e. The number of amides is 1. The fraction of sp³-hybridized carbons (Fsp3) is 0.300. The first-order chi connectivity index (χ1) is 16.5. The van der Waals surface area contributed by atoms with Crippen molar-refractivity contribution in [1.82, 2.24) is 9.88 Å². The van der Waals surface area contributed by atoms with Gasteiger partial charge >= 0.3 is 0 Å². The van der Waals surface area contributed by atoms with E-state index < -0.39 is 0 Å². The van der Waals surface area contributed by atoms with E-state index in [4.69, 9.17) is 4.74 Å². The molecule has 176 valence electrons. The summed E-state index contributed by atoms with van der Waals surface area (Å²) in [7, 11) is 1.69. The van der Waals surface area contributed by atoms with Gasteiger partial charge in [0.2, 0.25) is 5.91 Å².